The van der Waals surface area contributed by atoms with Gasteiger partial charge in [-0.25, -0.2) is 0 Å². The molecule has 0 spiro atoms. The summed E-state index contributed by atoms with van der Waals surface area (Å²) in [5, 5.41) is 3.56. The molecule has 112 valence electrons. The molecule has 0 heterocycles. The fourth-order valence-electron chi connectivity index (χ4n) is 2.69. The first-order chi connectivity index (χ1) is 9.40. The van der Waals surface area contributed by atoms with E-state index in [1.807, 2.05) is 0 Å². The monoisotopic (exact) mass is 275 g/mol. The average Bonchev–Trinajstić information content (AvgIpc) is 2.32. The quantitative estimate of drug-likeness (QED) is 0.869. The van der Waals surface area contributed by atoms with E-state index in [9.17, 15) is 0 Å². The highest BCUT2D eigenvalue weighted by molar-refractivity contribution is 5.41. The van der Waals surface area contributed by atoms with Crippen molar-refractivity contribution in [3.63, 3.8) is 0 Å². The minimum Gasteiger partial charge on any atom is -0.490 e. The van der Waals surface area contributed by atoms with E-state index in [-0.39, 0.29) is 5.41 Å². The van der Waals surface area contributed by atoms with Crippen molar-refractivity contribution in [2.24, 2.45) is 0 Å². The molecule has 0 aliphatic heterocycles. The molecule has 0 amide bonds. The minimum atomic E-state index is 0.130. The van der Waals surface area contributed by atoms with E-state index in [1.165, 1.54) is 17.5 Å². The molecule has 0 unspecified atom stereocenters. The van der Waals surface area contributed by atoms with Gasteiger partial charge in [-0.3, -0.25) is 0 Å². The van der Waals surface area contributed by atoms with E-state index >= 15 is 0 Å². The van der Waals surface area contributed by atoms with Crippen LogP contribution in [0, 0.1) is 6.92 Å². The Morgan fingerprint density at radius 1 is 1.25 bits per heavy atom. The first-order valence-electron chi connectivity index (χ1n) is 7.91. The third-order valence-corrected chi connectivity index (χ3v) is 4.01. The van der Waals surface area contributed by atoms with Crippen LogP contribution in [-0.2, 0) is 5.41 Å². The lowest BCUT2D eigenvalue weighted by molar-refractivity contribution is 0.0833. The molecule has 1 aromatic carbocycles. The van der Waals surface area contributed by atoms with Gasteiger partial charge >= 0.3 is 0 Å². The molecule has 1 aliphatic carbocycles. The van der Waals surface area contributed by atoms with Gasteiger partial charge in [-0.15, -0.1) is 0 Å². The van der Waals surface area contributed by atoms with Gasteiger partial charge in [0.05, 0.1) is 0 Å². The van der Waals surface area contributed by atoms with E-state index in [1.54, 1.807) is 0 Å². The molecular formula is C18H29NO. The smallest absolute Gasteiger partial charge is 0.123 e. The highest BCUT2D eigenvalue weighted by atomic mass is 16.5. The standard InChI is InChI=1S/C18H29NO/c1-6-9-19-14-11-15(12-14)20-17-8-7-13(2)10-16(17)18(3,4)5/h7-8,10,14-15,19H,6,9,11-12H2,1-5H3. The van der Waals surface area contributed by atoms with Crippen molar-refractivity contribution in [2.75, 3.05) is 6.54 Å². The van der Waals surface area contributed by atoms with Gasteiger partial charge in [-0.1, -0.05) is 45.4 Å². The Morgan fingerprint density at radius 2 is 1.95 bits per heavy atom. The maximum absolute atomic E-state index is 6.23. The number of nitrogens with one attached hydrogen (secondary N) is 1. The minimum absolute atomic E-state index is 0.130. The second kappa shape index (κ2) is 6.17. The number of hydrogen-bond acceptors (Lipinski definition) is 2. The van der Waals surface area contributed by atoms with Crippen LogP contribution in [0.3, 0.4) is 0 Å². The van der Waals surface area contributed by atoms with Gasteiger partial charge < -0.3 is 10.1 Å². The average molecular weight is 275 g/mol. The third-order valence-electron chi connectivity index (χ3n) is 4.01. The van der Waals surface area contributed by atoms with Crippen LogP contribution < -0.4 is 10.1 Å². The van der Waals surface area contributed by atoms with Crippen molar-refractivity contribution in [3.8, 4) is 5.75 Å². The van der Waals surface area contributed by atoms with Crippen molar-refractivity contribution in [1.82, 2.24) is 5.32 Å². The Bertz CT molecular complexity index is 441. The van der Waals surface area contributed by atoms with Gasteiger partial charge in [0.25, 0.3) is 0 Å². The summed E-state index contributed by atoms with van der Waals surface area (Å²) in [5.41, 5.74) is 2.76. The molecule has 1 fully saturated rings. The highest BCUT2D eigenvalue weighted by Gasteiger charge is 2.31. The van der Waals surface area contributed by atoms with E-state index in [0.717, 1.165) is 25.1 Å². The van der Waals surface area contributed by atoms with Crippen LogP contribution in [0.5, 0.6) is 5.75 Å². The van der Waals surface area contributed by atoms with Crippen LogP contribution in [0.15, 0.2) is 18.2 Å². The largest absolute Gasteiger partial charge is 0.490 e. The van der Waals surface area contributed by atoms with Gasteiger partial charge in [0, 0.05) is 6.04 Å². The molecule has 1 saturated carbocycles. The Labute approximate surface area is 123 Å². The summed E-state index contributed by atoms with van der Waals surface area (Å²) < 4.78 is 6.23. The lowest BCUT2D eigenvalue weighted by atomic mass is 9.85. The molecule has 2 rings (SSSR count). The van der Waals surface area contributed by atoms with Gasteiger partial charge in [-0.2, -0.15) is 0 Å². The zero-order chi connectivity index (χ0) is 14.8. The fourth-order valence-corrected chi connectivity index (χ4v) is 2.69. The first kappa shape index (κ1) is 15.4. The van der Waals surface area contributed by atoms with E-state index in [0.29, 0.717) is 12.1 Å². The summed E-state index contributed by atoms with van der Waals surface area (Å²) in [6, 6.07) is 7.21. The van der Waals surface area contributed by atoms with Crippen LogP contribution in [0.4, 0.5) is 0 Å². The Morgan fingerprint density at radius 3 is 2.55 bits per heavy atom. The molecule has 0 atom stereocenters. The number of rotatable bonds is 5. The second-order valence-corrected chi connectivity index (χ2v) is 7.11. The van der Waals surface area contributed by atoms with Crippen LogP contribution in [0.1, 0.15) is 58.1 Å². The normalized spacial score (nSPS) is 22.4. The van der Waals surface area contributed by atoms with Crippen LogP contribution in [-0.4, -0.2) is 18.7 Å². The number of benzene rings is 1. The number of ether oxygens (including phenoxy) is 1. The van der Waals surface area contributed by atoms with Crippen LogP contribution in [0.2, 0.25) is 0 Å². The molecule has 2 nitrogen and oxygen atoms in total. The summed E-state index contributed by atoms with van der Waals surface area (Å²) in [7, 11) is 0. The summed E-state index contributed by atoms with van der Waals surface area (Å²) in [5.74, 6) is 1.07. The topological polar surface area (TPSA) is 21.3 Å². The van der Waals surface area contributed by atoms with Crippen molar-refractivity contribution in [2.45, 2.75) is 71.4 Å². The maximum Gasteiger partial charge on any atom is 0.123 e. The Kier molecular flexibility index (Phi) is 4.74. The molecule has 2 heteroatoms. The zero-order valence-electron chi connectivity index (χ0n) is 13.6. The van der Waals surface area contributed by atoms with Gasteiger partial charge in [0.2, 0.25) is 0 Å². The fraction of sp³-hybridized carbons (Fsp3) is 0.667. The van der Waals surface area contributed by atoms with Crippen LogP contribution >= 0.6 is 0 Å². The molecular weight excluding hydrogens is 246 g/mol. The number of hydrogen-bond donors (Lipinski definition) is 1. The molecule has 0 aromatic heterocycles. The van der Waals surface area contributed by atoms with Gasteiger partial charge in [0.1, 0.15) is 11.9 Å². The summed E-state index contributed by atoms with van der Waals surface area (Å²) in [6.45, 7) is 12.2. The van der Waals surface area contributed by atoms with Crippen molar-refractivity contribution >= 4 is 0 Å². The van der Waals surface area contributed by atoms with Crippen molar-refractivity contribution in [1.29, 1.82) is 0 Å². The molecule has 0 bridgehead atoms. The SMILES string of the molecule is CCCNC1CC(Oc2ccc(C)cc2C(C)(C)C)C1. The van der Waals surface area contributed by atoms with E-state index in [4.69, 9.17) is 4.74 Å². The van der Waals surface area contributed by atoms with E-state index in [2.05, 4.69) is 58.1 Å². The van der Waals surface area contributed by atoms with Gasteiger partial charge in [-0.05, 0) is 49.8 Å². The molecule has 1 N–H and O–H groups in total. The predicted molar refractivity (Wildman–Crippen MR) is 85.6 cm³/mol. The zero-order valence-corrected chi connectivity index (χ0v) is 13.6. The Balaban J connectivity index is 1.97. The van der Waals surface area contributed by atoms with Gasteiger partial charge in [0.15, 0.2) is 0 Å². The van der Waals surface area contributed by atoms with Crippen LogP contribution in [0.25, 0.3) is 0 Å². The Hall–Kier alpha value is -1.02. The predicted octanol–water partition coefficient (Wildman–Crippen LogP) is 4.20. The van der Waals surface area contributed by atoms with E-state index < -0.39 is 0 Å². The third kappa shape index (κ3) is 3.76. The molecule has 1 aromatic rings. The van der Waals surface area contributed by atoms with Crippen molar-refractivity contribution < 1.29 is 4.74 Å². The second-order valence-electron chi connectivity index (χ2n) is 7.11. The summed E-state index contributed by atoms with van der Waals surface area (Å²) >= 11 is 0. The van der Waals surface area contributed by atoms with Crippen molar-refractivity contribution in [3.05, 3.63) is 29.3 Å². The molecule has 1 aliphatic rings. The molecule has 0 saturated heterocycles. The first-order valence-corrected chi connectivity index (χ1v) is 7.91. The molecule has 0 radical (unpaired) electrons. The summed E-state index contributed by atoms with van der Waals surface area (Å²) in [6.07, 6.45) is 3.86. The maximum atomic E-state index is 6.23. The summed E-state index contributed by atoms with van der Waals surface area (Å²) in [4.78, 5) is 0. The lowest BCUT2D eigenvalue weighted by Crippen LogP contribution is -2.47. The molecule has 20 heavy (non-hydrogen) atoms. The lowest BCUT2D eigenvalue weighted by Gasteiger charge is -2.37. The highest BCUT2D eigenvalue weighted by Crippen LogP contribution is 2.35. The number of aryl methyl sites for hydroxylation is 1.